The van der Waals surface area contributed by atoms with Crippen LogP contribution in [0.4, 0.5) is 0 Å². The van der Waals surface area contributed by atoms with E-state index in [-0.39, 0.29) is 0 Å². The maximum atomic E-state index is 9.06. The van der Waals surface area contributed by atoms with Crippen molar-refractivity contribution in [3.05, 3.63) is 0 Å². The number of nitrogens with one attached hydrogen (secondary N) is 1. The molecule has 15 heavy (non-hydrogen) atoms. The fourth-order valence-corrected chi connectivity index (χ4v) is 1.83. The lowest BCUT2D eigenvalue weighted by Gasteiger charge is -2.41. The molecule has 0 unspecified atom stereocenters. The molecule has 1 N–H and O–H groups in total. The number of hydrazine groups is 1. The van der Waals surface area contributed by atoms with Crippen molar-refractivity contribution in [3.63, 3.8) is 0 Å². The van der Waals surface area contributed by atoms with E-state index in [0.717, 1.165) is 26.2 Å². The van der Waals surface area contributed by atoms with Crippen molar-refractivity contribution in [1.82, 2.24) is 15.3 Å². The second kappa shape index (κ2) is 5.09. The smallest absolute Gasteiger partial charge is 0.205 e. The molecule has 0 atom stereocenters. The molecule has 0 aromatic carbocycles. The van der Waals surface area contributed by atoms with Crippen molar-refractivity contribution in [2.24, 2.45) is 0 Å². The molecule has 1 heterocycles. The predicted molar refractivity (Wildman–Crippen MR) is 56.5 cm³/mol. The number of nitriles is 2. The van der Waals surface area contributed by atoms with Gasteiger partial charge in [-0.1, -0.05) is 6.92 Å². The summed E-state index contributed by atoms with van der Waals surface area (Å²) in [7, 11) is 0. The van der Waals surface area contributed by atoms with Gasteiger partial charge < -0.3 is 5.32 Å². The van der Waals surface area contributed by atoms with E-state index in [1.807, 2.05) is 11.9 Å². The Balaban J connectivity index is 2.78. The van der Waals surface area contributed by atoms with E-state index in [9.17, 15) is 0 Å². The van der Waals surface area contributed by atoms with Crippen LogP contribution in [-0.4, -0.2) is 48.3 Å². The molecular formula is C10H17N5. The van der Waals surface area contributed by atoms with E-state index in [4.69, 9.17) is 10.5 Å². The Morgan fingerprint density at radius 1 is 1.33 bits per heavy atom. The van der Waals surface area contributed by atoms with Gasteiger partial charge in [-0.3, -0.25) is 0 Å². The van der Waals surface area contributed by atoms with Crippen molar-refractivity contribution in [3.8, 4) is 12.1 Å². The van der Waals surface area contributed by atoms with E-state index in [0.29, 0.717) is 6.54 Å². The van der Waals surface area contributed by atoms with Gasteiger partial charge in [-0.15, -0.1) is 0 Å². The van der Waals surface area contributed by atoms with Gasteiger partial charge in [-0.05, 0) is 6.92 Å². The molecular weight excluding hydrogens is 190 g/mol. The lowest BCUT2D eigenvalue weighted by Crippen LogP contribution is -2.59. The summed E-state index contributed by atoms with van der Waals surface area (Å²) in [4.78, 5) is 0. The van der Waals surface area contributed by atoms with E-state index >= 15 is 0 Å². The summed E-state index contributed by atoms with van der Waals surface area (Å²) < 4.78 is 0. The summed E-state index contributed by atoms with van der Waals surface area (Å²) in [5.74, 6) is 0. The molecule has 82 valence electrons. The minimum Gasteiger partial charge on any atom is -0.314 e. The Kier molecular flexibility index (Phi) is 4.05. The van der Waals surface area contributed by atoms with Gasteiger partial charge in [-0.25, -0.2) is 10.0 Å². The highest BCUT2D eigenvalue weighted by atomic mass is 15.7. The summed E-state index contributed by atoms with van der Waals surface area (Å²) in [6, 6.07) is 4.16. The molecule has 0 spiro atoms. The number of nitrogens with zero attached hydrogens (tertiary/aromatic N) is 4. The van der Waals surface area contributed by atoms with Crippen molar-refractivity contribution >= 4 is 0 Å². The molecule has 0 aromatic heterocycles. The molecule has 0 amide bonds. The first kappa shape index (κ1) is 11.9. The van der Waals surface area contributed by atoms with Crippen LogP contribution in [0.15, 0.2) is 0 Å². The molecule has 5 heteroatoms. The molecule has 0 bridgehead atoms. The zero-order valence-electron chi connectivity index (χ0n) is 9.32. The van der Waals surface area contributed by atoms with Gasteiger partial charge in [0.25, 0.3) is 0 Å². The average molecular weight is 207 g/mol. The lowest BCUT2D eigenvalue weighted by molar-refractivity contribution is -0.0665. The van der Waals surface area contributed by atoms with E-state index in [1.165, 1.54) is 0 Å². The van der Waals surface area contributed by atoms with Crippen LogP contribution in [0.25, 0.3) is 0 Å². The van der Waals surface area contributed by atoms with Gasteiger partial charge in [0.2, 0.25) is 5.54 Å². The van der Waals surface area contributed by atoms with Gasteiger partial charge in [0.15, 0.2) is 0 Å². The van der Waals surface area contributed by atoms with Gasteiger partial charge in [-0.2, -0.15) is 10.5 Å². The van der Waals surface area contributed by atoms with E-state index in [2.05, 4.69) is 22.5 Å². The standard InChI is InChI=1S/C10H17N5/c1-3-15(10(2,8-11)9-12)14-6-4-13-5-7-14/h13H,3-7H2,1-2H3. The number of hydrogen-bond donors (Lipinski definition) is 1. The first-order valence-electron chi connectivity index (χ1n) is 5.23. The third-order valence-corrected chi connectivity index (χ3v) is 2.69. The Morgan fingerprint density at radius 2 is 1.87 bits per heavy atom. The minimum atomic E-state index is -1.05. The summed E-state index contributed by atoms with van der Waals surface area (Å²) in [5, 5.41) is 25.3. The van der Waals surface area contributed by atoms with Gasteiger partial charge in [0.05, 0.1) is 0 Å². The fraction of sp³-hybridized carbons (Fsp3) is 0.800. The molecule has 0 saturated carbocycles. The first-order chi connectivity index (χ1) is 7.18. The SMILES string of the molecule is CCN(N1CCNCC1)C(C)(C#N)C#N. The second-order valence-corrected chi connectivity index (χ2v) is 3.72. The molecule has 1 fully saturated rings. The van der Waals surface area contributed by atoms with Crippen molar-refractivity contribution in [2.75, 3.05) is 32.7 Å². The summed E-state index contributed by atoms with van der Waals surface area (Å²) >= 11 is 0. The van der Waals surface area contributed by atoms with Gasteiger partial charge in [0.1, 0.15) is 12.1 Å². The zero-order valence-corrected chi connectivity index (χ0v) is 9.32. The summed E-state index contributed by atoms with van der Waals surface area (Å²) in [6.45, 7) is 7.83. The van der Waals surface area contributed by atoms with Crippen LogP contribution < -0.4 is 5.32 Å². The fourth-order valence-electron chi connectivity index (χ4n) is 1.83. The molecule has 1 saturated heterocycles. The number of piperazine rings is 1. The Morgan fingerprint density at radius 3 is 2.27 bits per heavy atom. The topological polar surface area (TPSA) is 66.1 Å². The van der Waals surface area contributed by atoms with Crippen LogP contribution in [0.1, 0.15) is 13.8 Å². The van der Waals surface area contributed by atoms with Crippen molar-refractivity contribution < 1.29 is 0 Å². The van der Waals surface area contributed by atoms with E-state index < -0.39 is 5.54 Å². The number of rotatable bonds is 3. The highest BCUT2D eigenvalue weighted by Crippen LogP contribution is 2.16. The maximum Gasteiger partial charge on any atom is 0.205 e. The lowest BCUT2D eigenvalue weighted by atomic mass is 10.1. The highest BCUT2D eigenvalue weighted by Gasteiger charge is 2.35. The first-order valence-corrected chi connectivity index (χ1v) is 5.23. The van der Waals surface area contributed by atoms with Crippen LogP contribution in [-0.2, 0) is 0 Å². The molecule has 0 radical (unpaired) electrons. The van der Waals surface area contributed by atoms with Gasteiger partial charge in [0, 0.05) is 32.7 Å². The van der Waals surface area contributed by atoms with Crippen LogP contribution in [0.5, 0.6) is 0 Å². The van der Waals surface area contributed by atoms with Gasteiger partial charge >= 0.3 is 0 Å². The third kappa shape index (κ3) is 2.45. The number of hydrogen-bond acceptors (Lipinski definition) is 5. The molecule has 0 aliphatic carbocycles. The summed E-state index contributed by atoms with van der Waals surface area (Å²) in [5.41, 5.74) is -1.05. The van der Waals surface area contributed by atoms with Crippen molar-refractivity contribution in [1.29, 1.82) is 10.5 Å². The van der Waals surface area contributed by atoms with Crippen LogP contribution in [0.3, 0.4) is 0 Å². The quantitative estimate of drug-likeness (QED) is 0.702. The monoisotopic (exact) mass is 207 g/mol. The molecule has 1 rings (SSSR count). The maximum absolute atomic E-state index is 9.06. The third-order valence-electron chi connectivity index (χ3n) is 2.69. The van der Waals surface area contributed by atoms with Crippen LogP contribution in [0, 0.1) is 22.7 Å². The Bertz CT molecular complexity index is 267. The van der Waals surface area contributed by atoms with Crippen molar-refractivity contribution in [2.45, 2.75) is 19.4 Å². The minimum absolute atomic E-state index is 0.678. The molecule has 0 aromatic rings. The van der Waals surface area contributed by atoms with Crippen LogP contribution >= 0.6 is 0 Å². The zero-order chi connectivity index (χ0) is 11.3. The molecule has 1 aliphatic heterocycles. The Labute approximate surface area is 90.8 Å². The van der Waals surface area contributed by atoms with Crippen LogP contribution in [0.2, 0.25) is 0 Å². The van der Waals surface area contributed by atoms with E-state index in [1.54, 1.807) is 6.92 Å². The predicted octanol–water partition coefficient (Wildman–Crippen LogP) is -0.0656. The second-order valence-electron chi connectivity index (χ2n) is 3.72. The highest BCUT2D eigenvalue weighted by molar-refractivity contribution is 5.19. The largest absolute Gasteiger partial charge is 0.314 e. The Hall–Kier alpha value is -1.14. The molecule has 1 aliphatic rings. The molecule has 5 nitrogen and oxygen atoms in total. The average Bonchev–Trinajstić information content (AvgIpc) is 2.31. The summed E-state index contributed by atoms with van der Waals surface area (Å²) in [6.07, 6.45) is 0. The normalized spacial score (nSPS) is 18.5.